The van der Waals surface area contributed by atoms with Crippen LogP contribution in [0.2, 0.25) is 0 Å². The van der Waals surface area contributed by atoms with Crippen LogP contribution in [0.25, 0.3) is 0 Å². The summed E-state index contributed by atoms with van der Waals surface area (Å²) in [4.78, 5) is 31.4. The van der Waals surface area contributed by atoms with Crippen LogP contribution in [0.5, 0.6) is 0 Å². The Bertz CT molecular complexity index is 235. The Morgan fingerprint density at radius 2 is 2.20 bits per heavy atom. The zero-order valence-corrected chi connectivity index (χ0v) is 9.17. The molecule has 2 amide bonds. The van der Waals surface area contributed by atoms with E-state index in [0.29, 0.717) is 18.6 Å². The molecule has 0 aromatic heterocycles. The highest BCUT2D eigenvalue weighted by atomic mass is 32.2. The summed E-state index contributed by atoms with van der Waals surface area (Å²) in [5.74, 6) is -0.373. The second kappa shape index (κ2) is 8.10. The van der Waals surface area contributed by atoms with Gasteiger partial charge in [0.2, 0.25) is 12.3 Å². The zero-order valence-electron chi connectivity index (χ0n) is 8.36. The monoisotopic (exact) mass is 234 g/mol. The number of carboxylic acid groups (broad SMARTS) is 1. The molecule has 86 valence electrons. The van der Waals surface area contributed by atoms with Crippen molar-refractivity contribution in [2.24, 2.45) is 0 Å². The number of carbonyl (C=O) groups excluding carboxylic acids is 2. The van der Waals surface area contributed by atoms with Crippen molar-refractivity contribution >= 4 is 30.0 Å². The molecular weight excluding hydrogens is 220 g/mol. The van der Waals surface area contributed by atoms with Crippen LogP contribution in [0, 0.1) is 0 Å². The quantitative estimate of drug-likeness (QED) is 0.372. The zero-order chi connectivity index (χ0) is 11.7. The summed E-state index contributed by atoms with van der Waals surface area (Å²) in [6.07, 6.45) is 0.701. The van der Waals surface area contributed by atoms with Crippen molar-refractivity contribution in [2.45, 2.75) is 12.5 Å². The lowest BCUT2D eigenvalue weighted by atomic mass is 10.3. The topological polar surface area (TPSA) is 95.5 Å². The minimum absolute atomic E-state index is 0.0854. The Kier molecular flexibility index (Phi) is 7.43. The van der Waals surface area contributed by atoms with E-state index in [1.165, 1.54) is 11.8 Å². The third kappa shape index (κ3) is 6.78. The molecule has 0 fully saturated rings. The van der Waals surface area contributed by atoms with Crippen molar-refractivity contribution in [3.63, 3.8) is 0 Å². The minimum atomic E-state index is -1.07. The normalized spacial score (nSPS) is 11.5. The molecule has 0 aliphatic heterocycles. The summed E-state index contributed by atoms with van der Waals surface area (Å²) in [6.45, 7) is 0. The highest BCUT2D eigenvalue weighted by Crippen LogP contribution is 2.05. The van der Waals surface area contributed by atoms with Gasteiger partial charge >= 0.3 is 5.97 Å². The van der Waals surface area contributed by atoms with E-state index in [2.05, 4.69) is 10.6 Å². The van der Waals surface area contributed by atoms with E-state index in [1.807, 2.05) is 0 Å². The first-order valence-corrected chi connectivity index (χ1v) is 5.48. The van der Waals surface area contributed by atoms with Crippen LogP contribution < -0.4 is 10.6 Å². The smallest absolute Gasteiger partial charge is 0.327 e. The number of hydrogen-bond donors (Lipinski definition) is 3. The van der Waals surface area contributed by atoms with E-state index in [9.17, 15) is 14.4 Å². The van der Waals surface area contributed by atoms with Gasteiger partial charge in [-0.05, 0) is 0 Å². The Labute approximate surface area is 91.8 Å². The van der Waals surface area contributed by atoms with Crippen LogP contribution in [0.3, 0.4) is 0 Å². The maximum Gasteiger partial charge on any atom is 0.327 e. The lowest BCUT2D eigenvalue weighted by molar-refractivity contribution is -0.139. The molecule has 1 atom stereocenters. The third-order valence-corrected chi connectivity index (χ3v) is 2.67. The first-order chi connectivity index (χ1) is 7.11. The highest BCUT2D eigenvalue weighted by molar-refractivity contribution is 7.99. The lowest BCUT2D eigenvalue weighted by Gasteiger charge is -2.09. The van der Waals surface area contributed by atoms with Crippen LogP contribution >= 0.6 is 11.8 Å². The number of nitrogens with one attached hydrogen (secondary N) is 2. The van der Waals surface area contributed by atoms with Gasteiger partial charge in [0.05, 0.1) is 0 Å². The van der Waals surface area contributed by atoms with Gasteiger partial charge in [0.25, 0.3) is 0 Å². The largest absolute Gasteiger partial charge is 0.480 e. The number of thioether (sulfide) groups is 1. The molecule has 0 aromatic rings. The summed E-state index contributed by atoms with van der Waals surface area (Å²) >= 11 is 1.31. The van der Waals surface area contributed by atoms with Gasteiger partial charge in [-0.25, -0.2) is 4.79 Å². The van der Waals surface area contributed by atoms with Crippen LogP contribution in [-0.2, 0) is 14.4 Å². The predicted molar refractivity (Wildman–Crippen MR) is 56.6 cm³/mol. The number of rotatable bonds is 8. The van der Waals surface area contributed by atoms with Gasteiger partial charge in [-0.3, -0.25) is 9.59 Å². The second-order valence-electron chi connectivity index (χ2n) is 2.67. The van der Waals surface area contributed by atoms with Gasteiger partial charge in [-0.1, -0.05) is 0 Å². The van der Waals surface area contributed by atoms with E-state index in [-0.39, 0.29) is 11.7 Å². The van der Waals surface area contributed by atoms with Gasteiger partial charge in [-0.15, -0.1) is 0 Å². The molecule has 0 saturated carbocycles. The lowest BCUT2D eigenvalue weighted by Crippen LogP contribution is -2.38. The molecule has 0 radical (unpaired) electrons. The summed E-state index contributed by atoms with van der Waals surface area (Å²) in [7, 11) is 1.54. The Morgan fingerprint density at radius 3 is 2.67 bits per heavy atom. The van der Waals surface area contributed by atoms with E-state index in [4.69, 9.17) is 5.11 Å². The molecule has 0 heterocycles. The molecule has 1 unspecified atom stereocenters. The van der Waals surface area contributed by atoms with Crippen LogP contribution in [0.1, 0.15) is 6.42 Å². The fourth-order valence-electron chi connectivity index (χ4n) is 0.764. The van der Waals surface area contributed by atoms with Gasteiger partial charge < -0.3 is 15.7 Å². The second-order valence-corrected chi connectivity index (χ2v) is 3.82. The number of amides is 2. The summed E-state index contributed by atoms with van der Waals surface area (Å²) < 4.78 is 0. The Balaban J connectivity index is 3.66. The molecule has 0 aliphatic carbocycles. The van der Waals surface area contributed by atoms with Crippen molar-refractivity contribution in [3.05, 3.63) is 0 Å². The van der Waals surface area contributed by atoms with E-state index < -0.39 is 12.0 Å². The predicted octanol–water partition coefficient (Wildman–Crippen LogP) is -0.945. The van der Waals surface area contributed by atoms with E-state index in [1.54, 1.807) is 7.05 Å². The summed E-state index contributed by atoms with van der Waals surface area (Å²) in [5.41, 5.74) is 0. The minimum Gasteiger partial charge on any atom is -0.480 e. The van der Waals surface area contributed by atoms with Gasteiger partial charge in [0, 0.05) is 25.0 Å². The van der Waals surface area contributed by atoms with Gasteiger partial charge in [0.15, 0.2) is 0 Å². The molecule has 0 saturated heterocycles. The van der Waals surface area contributed by atoms with Crippen LogP contribution in [-0.4, -0.2) is 48.0 Å². The molecule has 3 N–H and O–H groups in total. The summed E-state index contributed by atoms with van der Waals surface area (Å²) in [5, 5.41) is 13.3. The molecule has 0 aliphatic rings. The van der Waals surface area contributed by atoms with Gasteiger partial charge in [0.1, 0.15) is 6.04 Å². The average molecular weight is 234 g/mol. The van der Waals surface area contributed by atoms with Crippen molar-refractivity contribution in [3.8, 4) is 0 Å². The highest BCUT2D eigenvalue weighted by Gasteiger charge is 2.15. The fourth-order valence-corrected chi connectivity index (χ4v) is 1.73. The van der Waals surface area contributed by atoms with E-state index >= 15 is 0 Å². The maximum absolute atomic E-state index is 10.8. The van der Waals surface area contributed by atoms with Crippen molar-refractivity contribution in [2.75, 3.05) is 18.6 Å². The molecular formula is C8H14N2O4S. The summed E-state index contributed by atoms with van der Waals surface area (Å²) in [6, 6.07) is -0.891. The first-order valence-electron chi connectivity index (χ1n) is 4.32. The molecule has 0 bridgehead atoms. The standard InChI is InChI=1S/C8H14N2O4S/c1-9-7(12)2-3-15-4-6(8(13)14)10-5-11/h5-6H,2-4H2,1H3,(H,9,12)(H,10,11)(H,13,14). The maximum atomic E-state index is 10.8. The molecule has 6 nitrogen and oxygen atoms in total. The molecule has 7 heteroatoms. The average Bonchev–Trinajstić information content (AvgIpc) is 2.21. The number of aliphatic carboxylic acids is 1. The molecule has 0 spiro atoms. The Morgan fingerprint density at radius 1 is 1.53 bits per heavy atom. The molecule has 0 rings (SSSR count). The third-order valence-electron chi connectivity index (χ3n) is 1.60. The number of hydrogen-bond acceptors (Lipinski definition) is 4. The number of carboxylic acids is 1. The fraction of sp³-hybridized carbons (Fsp3) is 0.625. The van der Waals surface area contributed by atoms with Crippen molar-refractivity contribution in [1.29, 1.82) is 0 Å². The van der Waals surface area contributed by atoms with Crippen LogP contribution in [0.4, 0.5) is 0 Å². The van der Waals surface area contributed by atoms with Gasteiger partial charge in [-0.2, -0.15) is 11.8 Å². The number of carbonyl (C=O) groups is 3. The Hall–Kier alpha value is -1.24. The van der Waals surface area contributed by atoms with E-state index in [0.717, 1.165) is 0 Å². The van der Waals surface area contributed by atoms with Crippen molar-refractivity contribution < 1.29 is 19.5 Å². The first kappa shape index (κ1) is 13.8. The SMILES string of the molecule is CNC(=O)CCSCC(NC=O)C(=O)O. The van der Waals surface area contributed by atoms with Crippen molar-refractivity contribution in [1.82, 2.24) is 10.6 Å². The molecule has 0 aromatic carbocycles. The van der Waals surface area contributed by atoms with Crippen LogP contribution in [0.15, 0.2) is 0 Å². The molecule has 15 heavy (non-hydrogen) atoms.